The summed E-state index contributed by atoms with van der Waals surface area (Å²) >= 11 is 0. The van der Waals surface area contributed by atoms with Gasteiger partial charge in [-0.15, -0.1) is 4.91 Å². The van der Waals surface area contributed by atoms with Gasteiger partial charge in [-0.05, 0) is 24.2 Å². The van der Waals surface area contributed by atoms with Gasteiger partial charge >= 0.3 is 0 Å². The van der Waals surface area contributed by atoms with Crippen molar-refractivity contribution in [2.24, 2.45) is 10.2 Å². The van der Waals surface area contributed by atoms with Crippen LogP contribution in [0.15, 0.2) is 22.3 Å². The molecule has 0 aromatic heterocycles. The van der Waals surface area contributed by atoms with E-state index in [-0.39, 0.29) is 16.9 Å². The fourth-order valence-corrected chi connectivity index (χ4v) is 1.87. The summed E-state index contributed by atoms with van der Waals surface area (Å²) in [5.41, 5.74) is 2.14. The quantitative estimate of drug-likeness (QED) is 0.714. The van der Waals surface area contributed by atoms with Gasteiger partial charge in [0, 0.05) is 16.7 Å². The molecule has 4 heteroatoms. The maximum absolute atomic E-state index is 10.7. The van der Waals surface area contributed by atoms with Crippen LogP contribution < -0.4 is 0 Å². The van der Waals surface area contributed by atoms with Gasteiger partial charge in [0.15, 0.2) is 5.69 Å². The predicted molar refractivity (Wildman–Crippen MR) is 59.4 cm³/mol. The van der Waals surface area contributed by atoms with E-state index in [0.29, 0.717) is 0 Å². The number of aromatic hydroxyl groups is 1. The van der Waals surface area contributed by atoms with Crippen LogP contribution in [-0.4, -0.2) is 10.8 Å². The lowest BCUT2D eigenvalue weighted by Crippen LogP contribution is -2.22. The van der Waals surface area contributed by atoms with E-state index in [2.05, 4.69) is 10.2 Å². The zero-order valence-electron chi connectivity index (χ0n) is 8.90. The van der Waals surface area contributed by atoms with Crippen LogP contribution in [-0.2, 0) is 5.41 Å². The summed E-state index contributed by atoms with van der Waals surface area (Å²) in [4.78, 5) is 15.1. The SMILES string of the molecule is CC1=Nc2ccc(O)c(N=O)c2C1(C)C. The highest BCUT2D eigenvalue weighted by Crippen LogP contribution is 2.48. The van der Waals surface area contributed by atoms with Crippen LogP contribution in [0.5, 0.6) is 5.75 Å². The maximum atomic E-state index is 10.7. The first-order valence-electron chi connectivity index (χ1n) is 4.74. The van der Waals surface area contributed by atoms with Gasteiger partial charge in [0.1, 0.15) is 5.75 Å². The van der Waals surface area contributed by atoms with E-state index in [1.54, 1.807) is 6.07 Å². The van der Waals surface area contributed by atoms with Crippen molar-refractivity contribution in [3.8, 4) is 5.75 Å². The summed E-state index contributed by atoms with van der Waals surface area (Å²) in [6, 6.07) is 3.16. The molecule has 0 atom stereocenters. The molecule has 0 fully saturated rings. The minimum absolute atomic E-state index is 0.0817. The van der Waals surface area contributed by atoms with E-state index in [4.69, 9.17) is 0 Å². The average molecular weight is 204 g/mol. The van der Waals surface area contributed by atoms with Gasteiger partial charge in [0.2, 0.25) is 0 Å². The topological polar surface area (TPSA) is 62.0 Å². The Balaban J connectivity index is 2.78. The zero-order valence-corrected chi connectivity index (χ0v) is 8.90. The lowest BCUT2D eigenvalue weighted by Gasteiger charge is -2.20. The molecule has 0 radical (unpaired) electrons. The smallest absolute Gasteiger partial charge is 0.155 e. The largest absolute Gasteiger partial charge is 0.506 e. The van der Waals surface area contributed by atoms with Crippen LogP contribution in [0.4, 0.5) is 11.4 Å². The number of nitroso groups, excluding NO2 is 1. The Morgan fingerprint density at radius 2 is 2.07 bits per heavy atom. The molecule has 1 N–H and O–H groups in total. The van der Waals surface area contributed by atoms with Crippen molar-refractivity contribution >= 4 is 17.1 Å². The number of benzene rings is 1. The van der Waals surface area contributed by atoms with E-state index < -0.39 is 0 Å². The fraction of sp³-hybridized carbons (Fsp3) is 0.364. The third-order valence-electron chi connectivity index (χ3n) is 3.04. The summed E-state index contributed by atoms with van der Waals surface area (Å²) in [5.74, 6) is -0.0817. The molecule has 78 valence electrons. The van der Waals surface area contributed by atoms with Crippen LogP contribution in [0.3, 0.4) is 0 Å². The van der Waals surface area contributed by atoms with Crippen molar-refractivity contribution in [1.29, 1.82) is 0 Å². The molecule has 1 aliphatic heterocycles. The van der Waals surface area contributed by atoms with Crippen molar-refractivity contribution in [2.75, 3.05) is 0 Å². The highest BCUT2D eigenvalue weighted by atomic mass is 16.3. The van der Waals surface area contributed by atoms with Gasteiger partial charge in [0.25, 0.3) is 0 Å². The van der Waals surface area contributed by atoms with Crippen molar-refractivity contribution in [1.82, 2.24) is 0 Å². The van der Waals surface area contributed by atoms with E-state index in [1.165, 1.54) is 6.07 Å². The number of hydrogen-bond acceptors (Lipinski definition) is 4. The van der Waals surface area contributed by atoms with Crippen molar-refractivity contribution in [3.63, 3.8) is 0 Å². The summed E-state index contributed by atoms with van der Waals surface area (Å²) in [7, 11) is 0. The van der Waals surface area contributed by atoms with Crippen LogP contribution in [0.1, 0.15) is 26.3 Å². The Kier molecular flexibility index (Phi) is 1.89. The molecule has 0 bridgehead atoms. The minimum Gasteiger partial charge on any atom is -0.506 e. The van der Waals surface area contributed by atoms with Gasteiger partial charge in [-0.25, -0.2) is 0 Å². The first-order valence-corrected chi connectivity index (χ1v) is 4.74. The van der Waals surface area contributed by atoms with Gasteiger partial charge in [-0.3, -0.25) is 4.99 Å². The van der Waals surface area contributed by atoms with Gasteiger partial charge in [-0.2, -0.15) is 0 Å². The number of phenolic OH excluding ortho intramolecular Hbond substituents is 1. The second kappa shape index (κ2) is 2.89. The zero-order chi connectivity index (χ0) is 11.2. The monoisotopic (exact) mass is 204 g/mol. The molecule has 15 heavy (non-hydrogen) atoms. The molecule has 0 aliphatic carbocycles. The number of hydrogen-bond donors (Lipinski definition) is 1. The third kappa shape index (κ3) is 1.17. The normalized spacial score (nSPS) is 17.1. The van der Waals surface area contributed by atoms with E-state index in [9.17, 15) is 10.0 Å². The van der Waals surface area contributed by atoms with E-state index in [1.807, 2.05) is 20.8 Å². The highest BCUT2D eigenvalue weighted by Gasteiger charge is 2.36. The molecule has 0 saturated heterocycles. The van der Waals surface area contributed by atoms with Gasteiger partial charge in [0.05, 0.1) is 5.69 Å². The molecule has 0 amide bonds. The minimum atomic E-state index is -0.336. The standard InChI is InChI=1S/C11H12N2O2/c1-6-11(2,3)9-7(12-6)4-5-8(14)10(9)13-15/h4-5,14H,1-3H3. The number of phenols is 1. The Morgan fingerprint density at radius 1 is 1.40 bits per heavy atom. The summed E-state index contributed by atoms with van der Waals surface area (Å²) in [6.45, 7) is 5.84. The molecular formula is C11H12N2O2. The second-order valence-corrected chi connectivity index (χ2v) is 4.24. The number of aliphatic imine (C=N–C) groups is 1. The fourth-order valence-electron chi connectivity index (χ4n) is 1.87. The molecule has 2 rings (SSSR count). The van der Waals surface area contributed by atoms with Gasteiger partial charge < -0.3 is 5.11 Å². The van der Waals surface area contributed by atoms with Crippen molar-refractivity contribution < 1.29 is 5.11 Å². The maximum Gasteiger partial charge on any atom is 0.155 e. The molecule has 1 heterocycles. The van der Waals surface area contributed by atoms with Crippen LogP contribution in [0, 0.1) is 4.91 Å². The third-order valence-corrected chi connectivity index (χ3v) is 3.04. The Hall–Kier alpha value is -1.71. The first kappa shape index (κ1) is 9.83. The van der Waals surface area contributed by atoms with E-state index in [0.717, 1.165) is 17.0 Å². The molecule has 0 saturated carbocycles. The molecule has 4 nitrogen and oxygen atoms in total. The Bertz CT molecular complexity index is 476. The molecular weight excluding hydrogens is 192 g/mol. The van der Waals surface area contributed by atoms with E-state index >= 15 is 0 Å². The molecule has 1 aliphatic rings. The highest BCUT2D eigenvalue weighted by molar-refractivity contribution is 6.01. The first-order chi connectivity index (χ1) is 6.98. The molecule has 0 spiro atoms. The van der Waals surface area contributed by atoms with Crippen molar-refractivity contribution in [3.05, 3.63) is 22.6 Å². The summed E-state index contributed by atoms with van der Waals surface area (Å²) in [5, 5.41) is 12.4. The summed E-state index contributed by atoms with van der Waals surface area (Å²) in [6.07, 6.45) is 0. The molecule has 1 aromatic rings. The van der Waals surface area contributed by atoms with Crippen LogP contribution in [0.2, 0.25) is 0 Å². The lowest BCUT2D eigenvalue weighted by atomic mass is 9.81. The average Bonchev–Trinajstić information content (AvgIpc) is 2.40. The Labute approximate surface area is 87.6 Å². The molecule has 0 unspecified atom stereocenters. The summed E-state index contributed by atoms with van der Waals surface area (Å²) < 4.78 is 0. The Morgan fingerprint density at radius 3 is 2.67 bits per heavy atom. The lowest BCUT2D eigenvalue weighted by molar-refractivity contribution is 0.475. The second-order valence-electron chi connectivity index (χ2n) is 4.24. The van der Waals surface area contributed by atoms with Gasteiger partial charge in [-0.1, -0.05) is 13.8 Å². The number of fused-ring (bicyclic) bond motifs is 1. The predicted octanol–water partition coefficient (Wildman–Crippen LogP) is 3.17. The molecule has 1 aromatic carbocycles. The number of rotatable bonds is 1. The van der Waals surface area contributed by atoms with Crippen molar-refractivity contribution in [2.45, 2.75) is 26.2 Å². The van der Waals surface area contributed by atoms with Crippen LogP contribution in [0.25, 0.3) is 0 Å². The van der Waals surface area contributed by atoms with Crippen LogP contribution >= 0.6 is 0 Å². The number of nitrogens with zero attached hydrogens (tertiary/aromatic N) is 2.